The van der Waals surface area contributed by atoms with Gasteiger partial charge in [0.15, 0.2) is 5.96 Å². The number of benzene rings is 1. The molecule has 28 heavy (non-hydrogen) atoms. The summed E-state index contributed by atoms with van der Waals surface area (Å²) in [7, 11) is 1.75. The topological polar surface area (TPSA) is 46.1 Å². The molecule has 0 spiro atoms. The highest BCUT2D eigenvalue weighted by atomic mass is 19.1. The largest absolute Gasteiger partial charge is 0.376 e. The zero-order valence-electron chi connectivity index (χ0n) is 16.4. The number of likely N-dealkylation sites (tertiary alicyclic amines) is 1. The molecule has 0 radical (unpaired) electrons. The molecule has 1 saturated carbocycles. The van der Waals surface area contributed by atoms with Crippen LogP contribution < -0.4 is 5.32 Å². The molecule has 0 amide bonds. The van der Waals surface area contributed by atoms with E-state index in [1.165, 1.54) is 18.2 Å². The van der Waals surface area contributed by atoms with Crippen LogP contribution in [0.3, 0.4) is 0 Å². The van der Waals surface area contributed by atoms with Crippen LogP contribution in [0.25, 0.3) is 0 Å². The standard InChI is InChI=1S/C21H29F2N3O2/c1-24-21(25-19-12-16(19)20-17(22)5-2-6-18(20)23)26-9-7-14(8-10-26)28-13-15-4-3-11-27-15/h2,5-6,14-16,19H,3-4,7-13H2,1H3,(H,24,25). The first-order chi connectivity index (χ1) is 13.7. The molecule has 1 aliphatic carbocycles. The molecule has 3 fully saturated rings. The van der Waals surface area contributed by atoms with Gasteiger partial charge in [-0.2, -0.15) is 0 Å². The fraction of sp³-hybridized carbons (Fsp3) is 0.667. The predicted octanol–water partition coefficient (Wildman–Crippen LogP) is 3.06. The molecule has 154 valence electrons. The Kier molecular flexibility index (Phi) is 6.11. The van der Waals surface area contributed by atoms with Crippen molar-refractivity contribution in [2.45, 2.75) is 56.3 Å². The highest BCUT2D eigenvalue weighted by molar-refractivity contribution is 5.80. The third kappa shape index (κ3) is 4.46. The minimum absolute atomic E-state index is 0.0265. The molecule has 7 heteroatoms. The summed E-state index contributed by atoms with van der Waals surface area (Å²) in [6, 6.07) is 4.08. The van der Waals surface area contributed by atoms with E-state index < -0.39 is 11.6 Å². The number of rotatable bonds is 5. The summed E-state index contributed by atoms with van der Waals surface area (Å²) in [6.07, 6.45) is 5.37. The van der Waals surface area contributed by atoms with E-state index >= 15 is 0 Å². The molecule has 3 aliphatic rings. The number of halogens is 2. The van der Waals surface area contributed by atoms with E-state index in [2.05, 4.69) is 15.2 Å². The van der Waals surface area contributed by atoms with Crippen LogP contribution >= 0.6 is 0 Å². The van der Waals surface area contributed by atoms with Crippen LogP contribution in [-0.2, 0) is 9.47 Å². The first-order valence-corrected chi connectivity index (χ1v) is 10.3. The van der Waals surface area contributed by atoms with Crippen LogP contribution in [0.4, 0.5) is 8.78 Å². The highest BCUT2D eigenvalue weighted by Gasteiger charge is 2.43. The maximum atomic E-state index is 14.0. The molecule has 2 aliphatic heterocycles. The van der Waals surface area contributed by atoms with Gasteiger partial charge in [0.2, 0.25) is 0 Å². The van der Waals surface area contributed by atoms with Crippen molar-refractivity contribution in [3.8, 4) is 0 Å². The predicted molar refractivity (Wildman–Crippen MR) is 104 cm³/mol. The summed E-state index contributed by atoms with van der Waals surface area (Å²) in [5, 5.41) is 3.39. The first-order valence-electron chi connectivity index (χ1n) is 10.3. The second-order valence-electron chi connectivity index (χ2n) is 7.93. The van der Waals surface area contributed by atoms with Gasteiger partial charge in [0.05, 0.1) is 18.8 Å². The minimum Gasteiger partial charge on any atom is -0.376 e. The van der Waals surface area contributed by atoms with Crippen LogP contribution in [0.15, 0.2) is 23.2 Å². The number of hydrogen-bond acceptors (Lipinski definition) is 3. The molecule has 1 N–H and O–H groups in total. The van der Waals surface area contributed by atoms with Crippen molar-refractivity contribution in [2.75, 3.05) is 33.4 Å². The molecule has 1 aromatic rings. The second-order valence-corrected chi connectivity index (χ2v) is 7.93. The van der Waals surface area contributed by atoms with E-state index in [-0.39, 0.29) is 29.7 Å². The van der Waals surface area contributed by atoms with Gasteiger partial charge in [0, 0.05) is 44.3 Å². The SMILES string of the molecule is CN=C(NC1CC1c1c(F)cccc1F)N1CCC(OCC2CCCO2)CC1. The van der Waals surface area contributed by atoms with E-state index in [9.17, 15) is 8.78 Å². The van der Waals surface area contributed by atoms with Crippen LogP contribution in [0, 0.1) is 11.6 Å². The zero-order chi connectivity index (χ0) is 19.5. The summed E-state index contributed by atoms with van der Waals surface area (Å²) in [5.74, 6) is -0.256. The lowest BCUT2D eigenvalue weighted by molar-refractivity contribution is -0.0367. The Balaban J connectivity index is 1.24. The smallest absolute Gasteiger partial charge is 0.193 e. The number of guanidine groups is 1. The van der Waals surface area contributed by atoms with Gasteiger partial charge < -0.3 is 19.7 Å². The van der Waals surface area contributed by atoms with Gasteiger partial charge in [0.1, 0.15) is 11.6 Å². The molecule has 3 unspecified atom stereocenters. The van der Waals surface area contributed by atoms with Crippen LogP contribution in [-0.4, -0.2) is 62.5 Å². The van der Waals surface area contributed by atoms with Crippen molar-refractivity contribution in [3.05, 3.63) is 35.4 Å². The fourth-order valence-corrected chi connectivity index (χ4v) is 4.26. The van der Waals surface area contributed by atoms with Crippen molar-refractivity contribution >= 4 is 5.96 Å². The van der Waals surface area contributed by atoms with Crippen molar-refractivity contribution in [2.24, 2.45) is 4.99 Å². The summed E-state index contributed by atoms with van der Waals surface area (Å²) in [6.45, 7) is 3.27. The molecule has 2 saturated heterocycles. The van der Waals surface area contributed by atoms with Gasteiger partial charge in [-0.05, 0) is 44.2 Å². The molecule has 2 heterocycles. The van der Waals surface area contributed by atoms with E-state index in [0.29, 0.717) is 6.61 Å². The average Bonchev–Trinajstić information content (AvgIpc) is 3.23. The van der Waals surface area contributed by atoms with Gasteiger partial charge in [-0.15, -0.1) is 0 Å². The second kappa shape index (κ2) is 8.74. The van der Waals surface area contributed by atoms with E-state index in [0.717, 1.165) is 57.8 Å². The van der Waals surface area contributed by atoms with Gasteiger partial charge in [0.25, 0.3) is 0 Å². The van der Waals surface area contributed by atoms with Crippen LogP contribution in [0.5, 0.6) is 0 Å². The van der Waals surface area contributed by atoms with Crippen LogP contribution in [0.1, 0.15) is 43.6 Å². The Morgan fingerprint density at radius 1 is 1.25 bits per heavy atom. The molecule has 0 bridgehead atoms. The molecule has 0 aromatic heterocycles. The number of nitrogens with one attached hydrogen (secondary N) is 1. The molecule has 5 nitrogen and oxygen atoms in total. The van der Waals surface area contributed by atoms with Gasteiger partial charge >= 0.3 is 0 Å². The monoisotopic (exact) mass is 393 g/mol. The molecular formula is C21H29F2N3O2. The van der Waals surface area contributed by atoms with E-state index in [1.807, 2.05) is 0 Å². The summed E-state index contributed by atoms with van der Waals surface area (Å²) >= 11 is 0. The number of ether oxygens (including phenoxy) is 2. The minimum atomic E-state index is -0.464. The fourth-order valence-electron chi connectivity index (χ4n) is 4.26. The normalized spacial score (nSPS) is 28.6. The molecule has 4 rings (SSSR count). The van der Waals surface area contributed by atoms with Crippen molar-refractivity contribution in [1.29, 1.82) is 0 Å². The number of nitrogens with zero attached hydrogens (tertiary/aromatic N) is 2. The van der Waals surface area contributed by atoms with E-state index in [1.54, 1.807) is 7.05 Å². The quantitative estimate of drug-likeness (QED) is 0.617. The number of piperidine rings is 1. The Hall–Kier alpha value is -1.73. The van der Waals surface area contributed by atoms with Crippen LogP contribution in [0.2, 0.25) is 0 Å². The lowest BCUT2D eigenvalue weighted by Gasteiger charge is -2.34. The van der Waals surface area contributed by atoms with Gasteiger partial charge in [-0.25, -0.2) is 8.78 Å². The summed E-state index contributed by atoms with van der Waals surface area (Å²) in [4.78, 5) is 6.59. The Morgan fingerprint density at radius 3 is 2.64 bits per heavy atom. The Morgan fingerprint density at radius 2 is 2.00 bits per heavy atom. The summed E-state index contributed by atoms with van der Waals surface area (Å²) in [5.41, 5.74) is 0.191. The van der Waals surface area contributed by atoms with Crippen molar-refractivity contribution in [3.63, 3.8) is 0 Å². The Bertz CT molecular complexity index is 681. The lowest BCUT2D eigenvalue weighted by atomic mass is 10.1. The van der Waals surface area contributed by atoms with E-state index in [4.69, 9.17) is 9.47 Å². The highest BCUT2D eigenvalue weighted by Crippen LogP contribution is 2.43. The average molecular weight is 393 g/mol. The zero-order valence-corrected chi connectivity index (χ0v) is 16.4. The molecular weight excluding hydrogens is 364 g/mol. The van der Waals surface area contributed by atoms with Crippen molar-refractivity contribution < 1.29 is 18.3 Å². The third-order valence-corrected chi connectivity index (χ3v) is 5.97. The van der Waals surface area contributed by atoms with Gasteiger partial charge in [-0.3, -0.25) is 4.99 Å². The molecule has 1 aromatic carbocycles. The maximum absolute atomic E-state index is 14.0. The number of hydrogen-bond donors (Lipinski definition) is 1. The van der Waals surface area contributed by atoms with Crippen molar-refractivity contribution in [1.82, 2.24) is 10.2 Å². The molecule has 3 atom stereocenters. The first kappa shape index (κ1) is 19.6. The maximum Gasteiger partial charge on any atom is 0.193 e. The lowest BCUT2D eigenvalue weighted by Crippen LogP contribution is -2.48. The number of aliphatic imine (C=N–C) groups is 1. The third-order valence-electron chi connectivity index (χ3n) is 5.97. The summed E-state index contributed by atoms with van der Waals surface area (Å²) < 4.78 is 39.6. The van der Waals surface area contributed by atoms with Gasteiger partial charge in [-0.1, -0.05) is 6.07 Å². The Labute approximate surface area is 165 Å².